The molecule has 114 valence electrons. The Morgan fingerprint density at radius 1 is 1.20 bits per heavy atom. The van der Waals surface area contributed by atoms with E-state index in [-0.39, 0.29) is 0 Å². The van der Waals surface area contributed by atoms with Gasteiger partial charge >= 0.3 is 0 Å². The van der Waals surface area contributed by atoms with Crippen molar-refractivity contribution in [2.45, 2.75) is 59.4 Å². The van der Waals surface area contributed by atoms with Crippen LogP contribution in [0, 0.1) is 0 Å². The average molecular weight is 299 g/mol. The topological polar surface area (TPSA) is 41.1 Å². The summed E-state index contributed by atoms with van der Waals surface area (Å²) in [7, 11) is 0. The van der Waals surface area contributed by atoms with Gasteiger partial charge in [-0.05, 0) is 27.2 Å². The lowest BCUT2D eigenvalue weighted by atomic mass is 10.2. The van der Waals surface area contributed by atoms with Gasteiger partial charge in [0, 0.05) is 25.2 Å². The van der Waals surface area contributed by atoms with Crippen LogP contribution in [0.3, 0.4) is 0 Å². The summed E-state index contributed by atoms with van der Waals surface area (Å²) < 4.78 is 0. The van der Waals surface area contributed by atoms with Gasteiger partial charge in [0.15, 0.2) is 0 Å². The minimum absolute atomic E-state index is 0.357. The highest BCUT2D eigenvalue weighted by atomic mass is 35.5. The van der Waals surface area contributed by atoms with Crippen molar-refractivity contribution in [1.29, 1.82) is 0 Å². The highest BCUT2D eigenvalue weighted by molar-refractivity contribution is 6.29. The molecule has 0 aliphatic carbocycles. The van der Waals surface area contributed by atoms with Crippen molar-refractivity contribution in [3.8, 4) is 0 Å². The molecule has 0 saturated carbocycles. The number of hydrogen-bond acceptors (Lipinski definition) is 4. The van der Waals surface area contributed by atoms with Gasteiger partial charge < -0.3 is 10.2 Å². The fraction of sp³-hybridized carbons (Fsp3) is 0.733. The Kier molecular flexibility index (Phi) is 7.67. The Morgan fingerprint density at radius 2 is 1.95 bits per heavy atom. The molecule has 20 heavy (non-hydrogen) atoms. The minimum Gasteiger partial charge on any atom is -0.370 e. The van der Waals surface area contributed by atoms with Crippen molar-refractivity contribution in [2.75, 3.05) is 23.3 Å². The number of anilines is 2. The maximum Gasteiger partial charge on any atom is 0.228 e. The van der Waals surface area contributed by atoms with E-state index in [4.69, 9.17) is 11.6 Å². The van der Waals surface area contributed by atoms with Crippen molar-refractivity contribution in [1.82, 2.24) is 9.97 Å². The van der Waals surface area contributed by atoms with Crippen LogP contribution in [-0.2, 0) is 0 Å². The standard InChI is InChI=1S/C15H27ClN4/c1-5-7-8-9-10-17-14-11-13(16)18-15(19-14)20(6-2)12(3)4/h11-12H,5-10H2,1-4H3,(H,17,18,19). The van der Waals surface area contributed by atoms with Crippen LogP contribution in [0.2, 0.25) is 5.15 Å². The van der Waals surface area contributed by atoms with E-state index in [1.165, 1.54) is 19.3 Å². The number of hydrogen-bond donors (Lipinski definition) is 1. The van der Waals surface area contributed by atoms with Gasteiger partial charge in [-0.25, -0.2) is 4.98 Å². The van der Waals surface area contributed by atoms with Gasteiger partial charge in [-0.2, -0.15) is 4.98 Å². The Morgan fingerprint density at radius 3 is 2.55 bits per heavy atom. The quantitative estimate of drug-likeness (QED) is 0.543. The number of nitrogens with zero attached hydrogens (tertiary/aromatic N) is 3. The molecule has 1 rings (SSSR count). The molecule has 0 aliphatic heterocycles. The van der Waals surface area contributed by atoms with Crippen LogP contribution < -0.4 is 10.2 Å². The molecule has 0 amide bonds. The molecule has 0 aromatic carbocycles. The van der Waals surface area contributed by atoms with Crippen molar-refractivity contribution in [3.63, 3.8) is 0 Å². The van der Waals surface area contributed by atoms with E-state index in [0.717, 1.165) is 25.3 Å². The summed E-state index contributed by atoms with van der Waals surface area (Å²) in [5, 5.41) is 3.83. The largest absolute Gasteiger partial charge is 0.370 e. The van der Waals surface area contributed by atoms with E-state index >= 15 is 0 Å². The summed E-state index contributed by atoms with van der Waals surface area (Å²) in [5.74, 6) is 1.52. The molecule has 0 fully saturated rings. The molecular weight excluding hydrogens is 272 g/mol. The van der Waals surface area contributed by atoms with Crippen LogP contribution in [0.15, 0.2) is 6.07 Å². The first-order chi connectivity index (χ1) is 9.58. The number of rotatable bonds is 9. The summed E-state index contributed by atoms with van der Waals surface area (Å²) in [6, 6.07) is 2.15. The lowest BCUT2D eigenvalue weighted by Gasteiger charge is -2.25. The Bertz CT molecular complexity index is 395. The Labute approximate surface area is 127 Å². The van der Waals surface area contributed by atoms with Gasteiger partial charge in [-0.15, -0.1) is 0 Å². The Hall–Kier alpha value is -1.03. The van der Waals surface area contributed by atoms with E-state index in [1.54, 1.807) is 6.07 Å². The summed E-state index contributed by atoms with van der Waals surface area (Å²) in [5.41, 5.74) is 0. The Balaban J connectivity index is 2.66. The molecule has 0 radical (unpaired) electrons. The van der Waals surface area contributed by atoms with Crippen LogP contribution in [0.4, 0.5) is 11.8 Å². The molecule has 5 heteroatoms. The van der Waals surface area contributed by atoms with Crippen LogP contribution >= 0.6 is 11.6 Å². The normalized spacial score (nSPS) is 10.9. The SMILES string of the molecule is CCCCCCNc1cc(Cl)nc(N(CC)C(C)C)n1. The summed E-state index contributed by atoms with van der Waals surface area (Å²) in [6.45, 7) is 10.4. The van der Waals surface area contributed by atoms with Crippen molar-refractivity contribution >= 4 is 23.4 Å². The van der Waals surface area contributed by atoms with Crippen LogP contribution in [-0.4, -0.2) is 29.1 Å². The number of unbranched alkanes of at least 4 members (excludes halogenated alkanes) is 3. The molecule has 0 spiro atoms. The monoisotopic (exact) mass is 298 g/mol. The molecular formula is C15H27ClN4. The summed E-state index contributed by atoms with van der Waals surface area (Å²) in [4.78, 5) is 11.0. The number of nitrogens with one attached hydrogen (secondary N) is 1. The second kappa shape index (κ2) is 9.01. The van der Waals surface area contributed by atoms with E-state index in [9.17, 15) is 0 Å². The third kappa shape index (κ3) is 5.53. The number of aromatic nitrogens is 2. The summed E-state index contributed by atoms with van der Waals surface area (Å²) >= 11 is 6.10. The number of halogens is 1. The third-order valence-electron chi connectivity index (χ3n) is 3.24. The van der Waals surface area contributed by atoms with Crippen molar-refractivity contribution < 1.29 is 0 Å². The second-order valence-electron chi connectivity index (χ2n) is 5.24. The zero-order chi connectivity index (χ0) is 15.0. The van der Waals surface area contributed by atoms with Gasteiger partial charge in [-0.3, -0.25) is 0 Å². The van der Waals surface area contributed by atoms with Crippen LogP contribution in [0.25, 0.3) is 0 Å². The molecule has 1 heterocycles. The fourth-order valence-electron chi connectivity index (χ4n) is 2.13. The second-order valence-corrected chi connectivity index (χ2v) is 5.63. The molecule has 0 aliphatic rings. The maximum absolute atomic E-state index is 6.10. The lowest BCUT2D eigenvalue weighted by molar-refractivity contribution is 0.677. The highest BCUT2D eigenvalue weighted by Gasteiger charge is 2.13. The van der Waals surface area contributed by atoms with Gasteiger partial charge in [0.25, 0.3) is 0 Å². The molecule has 1 aromatic heterocycles. The van der Waals surface area contributed by atoms with E-state index in [2.05, 4.69) is 47.9 Å². The zero-order valence-electron chi connectivity index (χ0n) is 13.1. The minimum atomic E-state index is 0.357. The predicted molar refractivity (Wildman–Crippen MR) is 87.8 cm³/mol. The molecule has 0 atom stereocenters. The molecule has 1 N–H and O–H groups in total. The fourth-order valence-corrected chi connectivity index (χ4v) is 2.31. The van der Waals surface area contributed by atoms with Crippen molar-refractivity contribution in [2.24, 2.45) is 0 Å². The first-order valence-electron chi connectivity index (χ1n) is 7.63. The van der Waals surface area contributed by atoms with E-state index in [1.807, 2.05) is 0 Å². The van der Waals surface area contributed by atoms with E-state index in [0.29, 0.717) is 17.1 Å². The smallest absolute Gasteiger partial charge is 0.228 e. The van der Waals surface area contributed by atoms with Gasteiger partial charge in [0.05, 0.1) is 0 Å². The molecule has 0 unspecified atom stereocenters. The summed E-state index contributed by atoms with van der Waals surface area (Å²) in [6.07, 6.45) is 4.95. The van der Waals surface area contributed by atoms with Gasteiger partial charge in [-0.1, -0.05) is 37.8 Å². The van der Waals surface area contributed by atoms with Crippen LogP contribution in [0.5, 0.6) is 0 Å². The van der Waals surface area contributed by atoms with Gasteiger partial charge in [0.1, 0.15) is 11.0 Å². The predicted octanol–water partition coefficient (Wildman–Crippen LogP) is 4.36. The average Bonchev–Trinajstić information content (AvgIpc) is 2.38. The van der Waals surface area contributed by atoms with Crippen molar-refractivity contribution in [3.05, 3.63) is 11.2 Å². The maximum atomic E-state index is 6.10. The lowest BCUT2D eigenvalue weighted by Crippen LogP contribution is -2.32. The van der Waals surface area contributed by atoms with E-state index < -0.39 is 0 Å². The van der Waals surface area contributed by atoms with Crippen LogP contribution in [0.1, 0.15) is 53.4 Å². The first-order valence-corrected chi connectivity index (χ1v) is 8.01. The van der Waals surface area contributed by atoms with Gasteiger partial charge in [0.2, 0.25) is 5.95 Å². The molecule has 1 aromatic rings. The first kappa shape index (κ1) is 17.0. The highest BCUT2D eigenvalue weighted by Crippen LogP contribution is 2.19. The third-order valence-corrected chi connectivity index (χ3v) is 3.43. The molecule has 0 saturated heterocycles. The zero-order valence-corrected chi connectivity index (χ0v) is 13.9. The molecule has 4 nitrogen and oxygen atoms in total. The molecule has 0 bridgehead atoms.